The van der Waals surface area contributed by atoms with Crippen LogP contribution in [-0.2, 0) is 0 Å². The Labute approximate surface area is 67.6 Å². The molecule has 0 amide bonds. The number of ether oxygens (including phenoxy) is 1. The third kappa shape index (κ3) is 1.24. The Kier molecular flexibility index (Phi) is 2.17. The third-order valence-electron chi connectivity index (χ3n) is 1.11. The normalized spacial score (nSPS) is 9.40. The summed E-state index contributed by atoms with van der Waals surface area (Å²) in [5, 5.41) is 9.19. The zero-order valence-corrected chi connectivity index (χ0v) is 6.97. The minimum atomic E-state index is 0.0880. The monoisotopic (exact) mass is 201 g/mol. The Bertz CT molecular complexity index is 235. The van der Waals surface area contributed by atoms with Gasteiger partial charge in [0, 0.05) is 6.07 Å². The zero-order valence-electron chi connectivity index (χ0n) is 5.39. The number of rotatable bonds is 1. The van der Waals surface area contributed by atoms with Crippen molar-refractivity contribution >= 4 is 15.9 Å². The number of halogens is 1. The molecule has 0 spiro atoms. The van der Waals surface area contributed by atoms with Crippen LogP contribution in [0.15, 0.2) is 16.6 Å². The van der Waals surface area contributed by atoms with Crippen molar-refractivity contribution in [3.05, 3.63) is 22.7 Å². The molecule has 2 nitrogen and oxygen atoms in total. The van der Waals surface area contributed by atoms with E-state index in [1.54, 1.807) is 12.1 Å². The summed E-state index contributed by atoms with van der Waals surface area (Å²) in [6.45, 7) is 0. The molecule has 0 bridgehead atoms. The number of methoxy groups -OCH3 is 1. The molecule has 0 aliphatic rings. The van der Waals surface area contributed by atoms with Gasteiger partial charge in [-0.25, -0.2) is 0 Å². The molecule has 0 aliphatic heterocycles. The Hall–Kier alpha value is -0.700. The van der Waals surface area contributed by atoms with E-state index in [0.29, 0.717) is 10.2 Å². The first-order valence-electron chi connectivity index (χ1n) is 2.69. The summed E-state index contributed by atoms with van der Waals surface area (Å²) in [7, 11) is 1.50. The average molecular weight is 202 g/mol. The molecule has 1 radical (unpaired) electrons. The predicted octanol–water partition coefficient (Wildman–Crippen LogP) is 1.96. The lowest BCUT2D eigenvalue weighted by molar-refractivity contribution is 0.372. The van der Waals surface area contributed by atoms with Gasteiger partial charge in [-0.05, 0) is 28.1 Å². The summed E-state index contributed by atoms with van der Waals surface area (Å²) < 4.78 is 5.35. The van der Waals surface area contributed by atoms with Crippen LogP contribution < -0.4 is 4.74 Å². The largest absolute Gasteiger partial charge is 0.503 e. The van der Waals surface area contributed by atoms with Gasteiger partial charge in [-0.1, -0.05) is 0 Å². The molecule has 1 aromatic rings. The topological polar surface area (TPSA) is 29.5 Å². The number of hydrogen-bond donors (Lipinski definition) is 1. The molecule has 0 atom stereocenters. The summed E-state index contributed by atoms with van der Waals surface area (Å²) in [6, 6.07) is 6.07. The van der Waals surface area contributed by atoms with Crippen LogP contribution >= 0.6 is 15.9 Å². The van der Waals surface area contributed by atoms with E-state index in [4.69, 9.17) is 4.74 Å². The highest BCUT2D eigenvalue weighted by Gasteiger charge is 2.02. The second-order valence-corrected chi connectivity index (χ2v) is 2.50. The van der Waals surface area contributed by atoms with Gasteiger partial charge < -0.3 is 9.84 Å². The molecule has 1 aromatic carbocycles. The van der Waals surface area contributed by atoms with E-state index >= 15 is 0 Å². The van der Waals surface area contributed by atoms with Crippen LogP contribution in [0.5, 0.6) is 11.5 Å². The minimum absolute atomic E-state index is 0.0880. The van der Waals surface area contributed by atoms with Crippen LogP contribution in [0.4, 0.5) is 0 Å². The van der Waals surface area contributed by atoms with E-state index in [-0.39, 0.29) is 5.75 Å². The van der Waals surface area contributed by atoms with Gasteiger partial charge in [0.15, 0.2) is 11.5 Å². The lowest BCUT2D eigenvalue weighted by atomic mass is 10.3. The van der Waals surface area contributed by atoms with Crippen molar-refractivity contribution in [2.45, 2.75) is 0 Å². The van der Waals surface area contributed by atoms with Crippen molar-refractivity contribution in [2.75, 3.05) is 7.11 Å². The smallest absolute Gasteiger partial charge is 0.172 e. The van der Waals surface area contributed by atoms with Gasteiger partial charge in [0.25, 0.3) is 0 Å². The summed E-state index contributed by atoms with van der Waals surface area (Å²) in [4.78, 5) is 0. The number of phenols is 1. The summed E-state index contributed by atoms with van der Waals surface area (Å²) in [5.74, 6) is 0.538. The Morgan fingerprint density at radius 1 is 1.70 bits per heavy atom. The maximum Gasteiger partial charge on any atom is 0.172 e. The molecule has 0 fully saturated rings. The van der Waals surface area contributed by atoms with Crippen molar-refractivity contribution in [1.82, 2.24) is 0 Å². The highest BCUT2D eigenvalue weighted by atomic mass is 79.9. The molecular weight excluding hydrogens is 196 g/mol. The second-order valence-electron chi connectivity index (χ2n) is 1.71. The van der Waals surface area contributed by atoms with Gasteiger partial charge in [0.05, 0.1) is 11.6 Å². The lowest BCUT2D eigenvalue weighted by Crippen LogP contribution is -1.82. The molecule has 10 heavy (non-hydrogen) atoms. The molecule has 3 heteroatoms. The van der Waals surface area contributed by atoms with Gasteiger partial charge in [0.1, 0.15) is 0 Å². The number of benzene rings is 1. The van der Waals surface area contributed by atoms with Gasteiger partial charge in [0.2, 0.25) is 0 Å². The number of hydrogen-bond acceptors (Lipinski definition) is 2. The fourth-order valence-electron chi connectivity index (χ4n) is 0.611. The van der Waals surface area contributed by atoms with Crippen LogP contribution in [0.3, 0.4) is 0 Å². The predicted molar refractivity (Wildman–Crippen MR) is 41.2 cm³/mol. The number of aromatic hydroxyl groups is 1. The van der Waals surface area contributed by atoms with Crippen LogP contribution in [-0.4, -0.2) is 12.2 Å². The fraction of sp³-hybridized carbons (Fsp3) is 0.143. The molecule has 0 unspecified atom stereocenters. The Balaban J connectivity index is 3.14. The van der Waals surface area contributed by atoms with Crippen molar-refractivity contribution in [3.63, 3.8) is 0 Å². The molecule has 1 N–H and O–H groups in total. The van der Waals surface area contributed by atoms with Crippen molar-refractivity contribution < 1.29 is 9.84 Å². The molecule has 0 saturated heterocycles. The van der Waals surface area contributed by atoms with E-state index < -0.39 is 0 Å². The van der Waals surface area contributed by atoms with Crippen LogP contribution in [0, 0.1) is 6.07 Å². The molecular formula is C7H6BrO2. The minimum Gasteiger partial charge on any atom is -0.503 e. The lowest BCUT2D eigenvalue weighted by Gasteiger charge is -2.02. The van der Waals surface area contributed by atoms with E-state index in [1.807, 2.05) is 0 Å². The maximum atomic E-state index is 9.19. The highest BCUT2D eigenvalue weighted by molar-refractivity contribution is 9.10. The van der Waals surface area contributed by atoms with Crippen molar-refractivity contribution in [1.29, 1.82) is 0 Å². The van der Waals surface area contributed by atoms with Gasteiger partial charge in [-0.3, -0.25) is 0 Å². The SMILES string of the molecule is COc1cc[c]c(Br)c1O. The molecule has 0 heterocycles. The molecule has 0 aliphatic carbocycles. The third-order valence-corrected chi connectivity index (χ3v) is 1.71. The van der Waals surface area contributed by atoms with Gasteiger partial charge in [-0.15, -0.1) is 0 Å². The van der Waals surface area contributed by atoms with Crippen LogP contribution in [0.25, 0.3) is 0 Å². The van der Waals surface area contributed by atoms with Crippen LogP contribution in [0.1, 0.15) is 0 Å². The Morgan fingerprint density at radius 3 is 2.90 bits per heavy atom. The summed E-state index contributed by atoms with van der Waals surface area (Å²) >= 11 is 3.10. The van der Waals surface area contributed by atoms with E-state index in [1.165, 1.54) is 7.11 Å². The Morgan fingerprint density at radius 2 is 2.40 bits per heavy atom. The zero-order chi connectivity index (χ0) is 7.56. The summed E-state index contributed by atoms with van der Waals surface area (Å²) in [6.07, 6.45) is 0. The van der Waals surface area contributed by atoms with Crippen LogP contribution in [0.2, 0.25) is 0 Å². The van der Waals surface area contributed by atoms with Gasteiger partial charge in [-0.2, -0.15) is 0 Å². The molecule has 53 valence electrons. The second kappa shape index (κ2) is 2.92. The first-order valence-corrected chi connectivity index (χ1v) is 3.48. The highest BCUT2D eigenvalue weighted by Crippen LogP contribution is 2.32. The van der Waals surface area contributed by atoms with E-state index in [9.17, 15) is 5.11 Å². The standard InChI is InChI=1S/C7H6BrO2/c1-10-6-4-2-3-5(8)7(6)9/h2,4,9H,1H3. The van der Waals surface area contributed by atoms with Crippen molar-refractivity contribution in [3.8, 4) is 11.5 Å². The fourth-order valence-corrected chi connectivity index (χ4v) is 0.938. The molecule has 0 saturated carbocycles. The number of phenolic OH excluding ortho intramolecular Hbond substituents is 1. The maximum absolute atomic E-state index is 9.19. The average Bonchev–Trinajstić information content (AvgIpc) is 1.95. The van der Waals surface area contributed by atoms with Crippen molar-refractivity contribution in [2.24, 2.45) is 0 Å². The first-order chi connectivity index (χ1) is 4.75. The molecule has 0 aromatic heterocycles. The van der Waals surface area contributed by atoms with E-state index in [2.05, 4.69) is 22.0 Å². The van der Waals surface area contributed by atoms with Gasteiger partial charge >= 0.3 is 0 Å². The van der Waals surface area contributed by atoms with E-state index in [0.717, 1.165) is 0 Å². The first kappa shape index (κ1) is 7.41. The molecule has 1 rings (SSSR count). The summed E-state index contributed by atoms with van der Waals surface area (Å²) in [5.41, 5.74) is 0. The quantitative estimate of drug-likeness (QED) is 0.754.